The summed E-state index contributed by atoms with van der Waals surface area (Å²) in [5.74, 6) is 0.927. The van der Waals surface area contributed by atoms with Gasteiger partial charge in [0.2, 0.25) is 0 Å². The number of aryl methyl sites for hydroxylation is 3. The Kier molecular flexibility index (Phi) is 3.76. The fourth-order valence-corrected chi connectivity index (χ4v) is 2.15. The molecule has 0 aliphatic carbocycles. The van der Waals surface area contributed by atoms with Crippen LogP contribution in [0.25, 0.3) is 0 Å². The summed E-state index contributed by atoms with van der Waals surface area (Å²) in [7, 11) is 1.92. The lowest BCUT2D eigenvalue weighted by molar-refractivity contribution is 0.579. The van der Waals surface area contributed by atoms with Crippen LogP contribution in [-0.4, -0.2) is 24.5 Å². The molecule has 2 rings (SSSR count). The predicted octanol–water partition coefficient (Wildman–Crippen LogP) is 0.836. The first-order valence-electron chi connectivity index (χ1n) is 6.30. The molecule has 0 saturated heterocycles. The third kappa shape index (κ3) is 2.43. The predicted molar refractivity (Wildman–Crippen MR) is 68.9 cm³/mol. The van der Waals surface area contributed by atoms with E-state index in [0.717, 1.165) is 30.0 Å². The van der Waals surface area contributed by atoms with Crippen LogP contribution in [0.3, 0.4) is 0 Å². The summed E-state index contributed by atoms with van der Waals surface area (Å²) in [6.45, 7) is 4.95. The molecule has 0 saturated carbocycles. The molecule has 18 heavy (non-hydrogen) atoms. The van der Waals surface area contributed by atoms with Gasteiger partial charge in [0.25, 0.3) is 0 Å². The van der Waals surface area contributed by atoms with Crippen LogP contribution in [0.2, 0.25) is 0 Å². The Hall–Kier alpha value is -1.69. The first kappa shape index (κ1) is 12.8. The molecule has 0 aliphatic rings. The largest absolute Gasteiger partial charge is 0.323 e. The van der Waals surface area contributed by atoms with Gasteiger partial charge in [0.05, 0.1) is 5.69 Å². The van der Waals surface area contributed by atoms with Crippen molar-refractivity contribution < 1.29 is 0 Å². The highest BCUT2D eigenvalue weighted by Crippen LogP contribution is 2.18. The van der Waals surface area contributed by atoms with Crippen LogP contribution < -0.4 is 5.73 Å². The van der Waals surface area contributed by atoms with Gasteiger partial charge in [-0.2, -0.15) is 10.2 Å². The van der Waals surface area contributed by atoms with Gasteiger partial charge >= 0.3 is 0 Å². The summed E-state index contributed by atoms with van der Waals surface area (Å²) < 4.78 is 3.69. The molecule has 2 aromatic heterocycles. The summed E-state index contributed by atoms with van der Waals surface area (Å²) in [5.41, 5.74) is 8.43. The van der Waals surface area contributed by atoms with Gasteiger partial charge in [0.15, 0.2) is 0 Å². The normalized spacial score (nSPS) is 12.9. The Labute approximate surface area is 107 Å². The molecule has 6 nitrogen and oxygen atoms in total. The minimum Gasteiger partial charge on any atom is -0.323 e. The van der Waals surface area contributed by atoms with E-state index in [4.69, 9.17) is 5.73 Å². The first-order valence-corrected chi connectivity index (χ1v) is 6.30. The van der Waals surface area contributed by atoms with Gasteiger partial charge in [-0.25, -0.2) is 4.98 Å². The Morgan fingerprint density at radius 1 is 1.39 bits per heavy atom. The van der Waals surface area contributed by atoms with Crippen LogP contribution in [0.1, 0.15) is 37.0 Å². The molecule has 6 heteroatoms. The lowest BCUT2D eigenvalue weighted by atomic mass is 10.0. The van der Waals surface area contributed by atoms with Crippen LogP contribution >= 0.6 is 0 Å². The van der Waals surface area contributed by atoms with Crippen molar-refractivity contribution in [2.45, 2.75) is 39.3 Å². The van der Waals surface area contributed by atoms with Gasteiger partial charge < -0.3 is 5.73 Å². The second kappa shape index (κ2) is 5.30. The number of nitrogens with zero attached hydrogens (tertiary/aromatic N) is 5. The monoisotopic (exact) mass is 248 g/mol. The third-order valence-electron chi connectivity index (χ3n) is 3.07. The molecule has 0 radical (unpaired) electrons. The highest BCUT2D eigenvalue weighted by Gasteiger charge is 2.16. The maximum Gasteiger partial charge on any atom is 0.138 e. The maximum atomic E-state index is 6.27. The molecule has 0 aliphatic heterocycles. The SMILES string of the molecule is CCc1nn(C)cc1C(N)Cc1ncnn1CC. The Bertz CT molecular complexity index is 512. The Morgan fingerprint density at radius 2 is 2.17 bits per heavy atom. The fourth-order valence-electron chi connectivity index (χ4n) is 2.15. The lowest BCUT2D eigenvalue weighted by Gasteiger charge is -2.11. The molecule has 2 heterocycles. The van der Waals surface area contributed by atoms with E-state index in [9.17, 15) is 0 Å². The van der Waals surface area contributed by atoms with Crippen LogP contribution in [0.5, 0.6) is 0 Å². The molecule has 98 valence electrons. The van der Waals surface area contributed by atoms with Crippen molar-refractivity contribution in [1.29, 1.82) is 0 Å². The molecule has 0 spiro atoms. The maximum absolute atomic E-state index is 6.27. The van der Waals surface area contributed by atoms with Gasteiger partial charge in [-0.1, -0.05) is 6.92 Å². The Balaban J connectivity index is 2.18. The molecule has 2 N–H and O–H groups in total. The molecule has 0 bridgehead atoms. The molecular weight excluding hydrogens is 228 g/mol. The fraction of sp³-hybridized carbons (Fsp3) is 0.583. The van der Waals surface area contributed by atoms with Crippen molar-refractivity contribution in [3.8, 4) is 0 Å². The molecule has 1 unspecified atom stereocenters. The van der Waals surface area contributed by atoms with E-state index in [1.165, 1.54) is 0 Å². The standard InChI is InChI=1S/C12H20N6/c1-4-11-9(7-17(3)16-11)10(13)6-12-14-8-15-18(12)5-2/h7-8,10H,4-6,13H2,1-3H3. The van der Waals surface area contributed by atoms with Crippen molar-refractivity contribution in [3.05, 3.63) is 29.6 Å². The summed E-state index contributed by atoms with van der Waals surface area (Å²) >= 11 is 0. The average molecular weight is 248 g/mol. The molecule has 0 aromatic carbocycles. The summed E-state index contributed by atoms with van der Waals surface area (Å²) in [4.78, 5) is 4.26. The number of nitrogens with two attached hydrogens (primary N) is 1. The third-order valence-corrected chi connectivity index (χ3v) is 3.07. The highest BCUT2D eigenvalue weighted by molar-refractivity contribution is 5.22. The van der Waals surface area contributed by atoms with Crippen molar-refractivity contribution in [3.63, 3.8) is 0 Å². The van der Waals surface area contributed by atoms with E-state index in [2.05, 4.69) is 22.1 Å². The van der Waals surface area contributed by atoms with Gasteiger partial charge in [-0.05, 0) is 13.3 Å². The Morgan fingerprint density at radius 3 is 2.83 bits per heavy atom. The minimum absolute atomic E-state index is 0.0804. The minimum atomic E-state index is -0.0804. The molecule has 0 fully saturated rings. The summed E-state index contributed by atoms with van der Waals surface area (Å²) in [6.07, 6.45) is 5.16. The second-order valence-corrected chi connectivity index (χ2v) is 4.36. The van der Waals surface area contributed by atoms with Crippen molar-refractivity contribution in [2.24, 2.45) is 12.8 Å². The molecule has 1 atom stereocenters. The van der Waals surface area contributed by atoms with Crippen molar-refractivity contribution in [2.75, 3.05) is 0 Å². The van der Waals surface area contributed by atoms with Crippen molar-refractivity contribution >= 4 is 0 Å². The van der Waals surface area contributed by atoms with Crippen LogP contribution in [0.4, 0.5) is 0 Å². The van der Waals surface area contributed by atoms with E-state index in [0.29, 0.717) is 6.42 Å². The van der Waals surface area contributed by atoms with Crippen molar-refractivity contribution in [1.82, 2.24) is 24.5 Å². The number of hydrogen-bond donors (Lipinski definition) is 1. The zero-order valence-corrected chi connectivity index (χ0v) is 11.2. The van der Waals surface area contributed by atoms with E-state index in [1.54, 1.807) is 6.33 Å². The highest BCUT2D eigenvalue weighted by atomic mass is 15.3. The van der Waals surface area contributed by atoms with Crippen LogP contribution in [-0.2, 0) is 26.4 Å². The number of hydrogen-bond acceptors (Lipinski definition) is 4. The van der Waals surface area contributed by atoms with E-state index < -0.39 is 0 Å². The van der Waals surface area contributed by atoms with E-state index in [-0.39, 0.29) is 6.04 Å². The topological polar surface area (TPSA) is 74.6 Å². The van der Waals surface area contributed by atoms with Gasteiger partial charge in [-0.3, -0.25) is 9.36 Å². The van der Waals surface area contributed by atoms with Gasteiger partial charge in [0.1, 0.15) is 12.2 Å². The number of rotatable bonds is 5. The first-order chi connectivity index (χ1) is 8.65. The average Bonchev–Trinajstić information content (AvgIpc) is 2.94. The zero-order valence-electron chi connectivity index (χ0n) is 11.2. The zero-order chi connectivity index (χ0) is 13.1. The summed E-state index contributed by atoms with van der Waals surface area (Å²) in [6, 6.07) is -0.0804. The van der Waals surface area contributed by atoms with Crippen LogP contribution in [0, 0.1) is 0 Å². The second-order valence-electron chi connectivity index (χ2n) is 4.36. The van der Waals surface area contributed by atoms with E-state index in [1.807, 2.05) is 29.5 Å². The quantitative estimate of drug-likeness (QED) is 0.850. The van der Waals surface area contributed by atoms with Gasteiger partial charge in [-0.15, -0.1) is 0 Å². The number of aromatic nitrogens is 5. The smallest absolute Gasteiger partial charge is 0.138 e. The summed E-state index contributed by atoms with van der Waals surface area (Å²) in [5, 5.41) is 8.57. The molecule has 2 aromatic rings. The van der Waals surface area contributed by atoms with E-state index >= 15 is 0 Å². The van der Waals surface area contributed by atoms with Gasteiger partial charge in [0, 0.05) is 37.8 Å². The van der Waals surface area contributed by atoms with Crippen LogP contribution in [0.15, 0.2) is 12.5 Å². The molecule has 0 amide bonds. The lowest BCUT2D eigenvalue weighted by Crippen LogP contribution is -2.17. The molecular formula is C12H20N6.